The molecule has 1 amide bonds. The maximum Gasteiger partial charge on any atom is 0.241 e. The smallest absolute Gasteiger partial charge is 0.241 e. The van der Waals surface area contributed by atoms with E-state index in [1.54, 1.807) is 0 Å². The molecule has 0 bridgehead atoms. The maximum atomic E-state index is 13.0. The summed E-state index contributed by atoms with van der Waals surface area (Å²) in [7, 11) is 0. The zero-order valence-corrected chi connectivity index (χ0v) is 15.1. The molecular weight excluding hydrogens is 280 g/mol. The van der Waals surface area contributed by atoms with Crippen LogP contribution in [0.3, 0.4) is 0 Å². The summed E-state index contributed by atoms with van der Waals surface area (Å²) in [4.78, 5) is 15.2. The van der Waals surface area contributed by atoms with Crippen LogP contribution in [0.5, 0.6) is 0 Å². The lowest BCUT2D eigenvalue weighted by molar-refractivity contribution is -0.134. The third-order valence-corrected chi connectivity index (χ3v) is 6.43. The van der Waals surface area contributed by atoms with Gasteiger partial charge in [-0.2, -0.15) is 11.8 Å². The predicted octanol–water partition coefficient (Wildman–Crippen LogP) is 3.49. The molecule has 0 aromatic carbocycles. The molecule has 4 heteroatoms. The van der Waals surface area contributed by atoms with Gasteiger partial charge in [0.15, 0.2) is 0 Å². The Balaban J connectivity index is 2.16. The second-order valence-electron chi connectivity index (χ2n) is 7.14. The Morgan fingerprint density at radius 1 is 1.33 bits per heavy atom. The highest BCUT2D eigenvalue weighted by Crippen LogP contribution is 2.34. The fourth-order valence-corrected chi connectivity index (χ4v) is 4.60. The van der Waals surface area contributed by atoms with E-state index in [-0.39, 0.29) is 12.2 Å². The molecule has 0 spiro atoms. The number of nitrogens with zero attached hydrogens (tertiary/aromatic N) is 1. The molecule has 2 fully saturated rings. The van der Waals surface area contributed by atoms with Gasteiger partial charge in [0.25, 0.3) is 0 Å². The van der Waals surface area contributed by atoms with Crippen molar-refractivity contribution in [2.45, 2.75) is 83.3 Å². The van der Waals surface area contributed by atoms with Crippen LogP contribution in [0.15, 0.2) is 0 Å². The zero-order chi connectivity index (χ0) is 15.6. The van der Waals surface area contributed by atoms with Crippen molar-refractivity contribution in [2.75, 3.05) is 6.26 Å². The van der Waals surface area contributed by atoms with E-state index in [1.807, 2.05) is 11.8 Å². The van der Waals surface area contributed by atoms with Gasteiger partial charge in [-0.25, -0.2) is 0 Å². The molecule has 5 atom stereocenters. The third kappa shape index (κ3) is 3.58. The number of thioether (sulfide) groups is 1. The van der Waals surface area contributed by atoms with Crippen molar-refractivity contribution in [1.82, 2.24) is 10.2 Å². The molecule has 0 aromatic rings. The average Bonchev–Trinajstić information content (AvgIpc) is 2.84. The molecule has 1 saturated carbocycles. The molecule has 21 heavy (non-hydrogen) atoms. The van der Waals surface area contributed by atoms with Gasteiger partial charge in [-0.1, -0.05) is 40.5 Å². The number of carbonyl (C=O) groups is 1. The number of amides is 1. The Bertz CT molecular complexity index is 361. The first kappa shape index (κ1) is 17.1. The summed E-state index contributed by atoms with van der Waals surface area (Å²) in [5, 5.41) is 4.37. The average molecular weight is 313 g/mol. The fourth-order valence-electron chi connectivity index (χ4n) is 3.78. The molecule has 2 rings (SSSR count). The Kier molecular flexibility index (Phi) is 6.01. The molecule has 1 aliphatic carbocycles. The second-order valence-corrected chi connectivity index (χ2v) is 8.28. The SMILES string of the molecule is CCC(C)C1NC(C(C)C)N(C2CCCC(SC)C2)C1=O. The lowest BCUT2D eigenvalue weighted by Gasteiger charge is -2.39. The Morgan fingerprint density at radius 2 is 2.05 bits per heavy atom. The topological polar surface area (TPSA) is 32.3 Å². The normalized spacial score (nSPS) is 35.5. The van der Waals surface area contributed by atoms with E-state index < -0.39 is 0 Å². The first-order valence-corrected chi connectivity index (χ1v) is 9.89. The molecule has 0 radical (unpaired) electrons. The molecule has 1 saturated heterocycles. The third-order valence-electron chi connectivity index (χ3n) is 5.34. The van der Waals surface area contributed by atoms with Crippen LogP contribution in [0.2, 0.25) is 0 Å². The van der Waals surface area contributed by atoms with E-state index in [4.69, 9.17) is 0 Å². The molecule has 0 aromatic heterocycles. The monoisotopic (exact) mass is 312 g/mol. The van der Waals surface area contributed by atoms with Crippen LogP contribution in [-0.2, 0) is 4.79 Å². The van der Waals surface area contributed by atoms with Crippen LogP contribution in [0.4, 0.5) is 0 Å². The highest BCUT2D eigenvalue weighted by atomic mass is 32.2. The molecule has 2 aliphatic rings. The van der Waals surface area contributed by atoms with E-state index in [0.29, 0.717) is 23.8 Å². The summed E-state index contributed by atoms with van der Waals surface area (Å²) >= 11 is 1.97. The summed E-state index contributed by atoms with van der Waals surface area (Å²) in [5.41, 5.74) is 0. The number of carbonyl (C=O) groups excluding carboxylic acids is 1. The van der Waals surface area contributed by atoms with Gasteiger partial charge in [-0.15, -0.1) is 0 Å². The Labute approximate surface area is 134 Å². The quantitative estimate of drug-likeness (QED) is 0.843. The number of hydrogen-bond donors (Lipinski definition) is 1. The van der Waals surface area contributed by atoms with Crippen LogP contribution in [-0.4, -0.2) is 40.6 Å². The van der Waals surface area contributed by atoms with E-state index in [9.17, 15) is 4.79 Å². The fraction of sp³-hybridized carbons (Fsp3) is 0.941. The highest BCUT2D eigenvalue weighted by Gasteiger charge is 2.45. The summed E-state index contributed by atoms with van der Waals surface area (Å²) in [6.07, 6.45) is 8.42. The molecular formula is C17H32N2OS. The van der Waals surface area contributed by atoms with Gasteiger partial charge in [0, 0.05) is 11.3 Å². The van der Waals surface area contributed by atoms with Crippen LogP contribution in [0, 0.1) is 11.8 Å². The molecule has 3 nitrogen and oxygen atoms in total. The summed E-state index contributed by atoms with van der Waals surface area (Å²) in [5.74, 6) is 1.25. The van der Waals surface area contributed by atoms with Gasteiger partial charge in [-0.3, -0.25) is 10.1 Å². The second kappa shape index (κ2) is 7.36. The van der Waals surface area contributed by atoms with Crippen LogP contribution >= 0.6 is 11.8 Å². The minimum atomic E-state index is 0.0251. The van der Waals surface area contributed by atoms with Gasteiger partial charge in [0.05, 0.1) is 12.2 Å². The van der Waals surface area contributed by atoms with E-state index >= 15 is 0 Å². The standard InChI is InChI=1S/C17H32N2OS/c1-6-12(4)15-17(20)19(16(18-15)11(2)3)13-8-7-9-14(10-13)21-5/h11-16,18H,6-10H2,1-5H3. The molecule has 1 heterocycles. The summed E-state index contributed by atoms with van der Waals surface area (Å²) in [6, 6.07) is 0.467. The van der Waals surface area contributed by atoms with Crippen molar-refractivity contribution in [3.8, 4) is 0 Å². The Hall–Kier alpha value is -0.220. The van der Waals surface area contributed by atoms with Crippen LogP contribution in [0.1, 0.15) is 59.8 Å². The van der Waals surface area contributed by atoms with Gasteiger partial charge in [-0.05, 0) is 37.4 Å². The lowest BCUT2D eigenvalue weighted by Crippen LogP contribution is -2.49. The van der Waals surface area contributed by atoms with E-state index in [2.05, 4.69) is 44.2 Å². The van der Waals surface area contributed by atoms with Crippen LogP contribution < -0.4 is 5.32 Å². The zero-order valence-electron chi connectivity index (χ0n) is 14.3. The van der Waals surface area contributed by atoms with Gasteiger partial charge in [0.2, 0.25) is 5.91 Å². The van der Waals surface area contributed by atoms with Crippen LogP contribution in [0.25, 0.3) is 0 Å². The molecule has 5 unspecified atom stereocenters. The Morgan fingerprint density at radius 3 is 2.62 bits per heavy atom. The first-order chi connectivity index (χ1) is 9.99. The first-order valence-electron chi connectivity index (χ1n) is 8.60. The van der Waals surface area contributed by atoms with Gasteiger partial charge in [0.1, 0.15) is 0 Å². The molecule has 122 valence electrons. The predicted molar refractivity (Wildman–Crippen MR) is 91.4 cm³/mol. The van der Waals surface area contributed by atoms with E-state index in [1.165, 1.54) is 25.7 Å². The van der Waals surface area contributed by atoms with Crippen molar-refractivity contribution in [3.63, 3.8) is 0 Å². The minimum Gasteiger partial charge on any atom is -0.323 e. The number of rotatable bonds is 5. The highest BCUT2D eigenvalue weighted by molar-refractivity contribution is 7.99. The maximum absolute atomic E-state index is 13.0. The van der Waals surface area contributed by atoms with Crippen molar-refractivity contribution >= 4 is 17.7 Å². The molecule has 1 aliphatic heterocycles. The molecule has 1 N–H and O–H groups in total. The van der Waals surface area contributed by atoms with Crippen molar-refractivity contribution in [3.05, 3.63) is 0 Å². The van der Waals surface area contributed by atoms with Crippen molar-refractivity contribution in [1.29, 1.82) is 0 Å². The number of nitrogens with one attached hydrogen (secondary N) is 1. The summed E-state index contributed by atoms with van der Waals surface area (Å²) < 4.78 is 0. The largest absolute Gasteiger partial charge is 0.323 e. The van der Waals surface area contributed by atoms with Gasteiger partial charge < -0.3 is 4.90 Å². The lowest BCUT2D eigenvalue weighted by atomic mass is 9.92. The van der Waals surface area contributed by atoms with Gasteiger partial charge >= 0.3 is 0 Å². The minimum absolute atomic E-state index is 0.0251. The van der Waals surface area contributed by atoms with Crippen molar-refractivity contribution in [2.24, 2.45) is 11.8 Å². The summed E-state index contributed by atoms with van der Waals surface area (Å²) in [6.45, 7) is 8.83. The van der Waals surface area contributed by atoms with E-state index in [0.717, 1.165) is 11.7 Å². The number of hydrogen-bond acceptors (Lipinski definition) is 3. The van der Waals surface area contributed by atoms with Crippen molar-refractivity contribution < 1.29 is 4.79 Å².